The smallest absolute Gasteiger partial charge is 0.307 e. The van der Waals surface area contributed by atoms with Gasteiger partial charge in [-0.05, 0) is 12.1 Å². The number of carbonyl (C=O) groups is 2. The minimum Gasteiger partial charge on any atom is -0.544 e. The Labute approximate surface area is 72.9 Å². The van der Waals surface area contributed by atoms with Crippen LogP contribution in [0.15, 0.2) is 27.9 Å². The van der Waals surface area contributed by atoms with Crippen LogP contribution < -0.4 is 10.5 Å². The zero-order valence-corrected chi connectivity index (χ0v) is 6.39. The minimum atomic E-state index is -1.49. The van der Waals surface area contributed by atoms with E-state index in [2.05, 4.69) is 5.10 Å². The molecule has 1 rings (SSSR count). The average Bonchev–Trinajstić information content (AvgIpc) is 2.55. The summed E-state index contributed by atoms with van der Waals surface area (Å²) in [5.74, 6) is -2.06. The van der Waals surface area contributed by atoms with Crippen molar-refractivity contribution in [1.82, 2.24) is 5.43 Å². The van der Waals surface area contributed by atoms with Gasteiger partial charge in [0.05, 0.1) is 18.4 Å². The third-order valence-electron chi connectivity index (χ3n) is 1.08. The lowest BCUT2D eigenvalue weighted by Crippen LogP contribution is -2.26. The van der Waals surface area contributed by atoms with E-state index in [0.29, 0.717) is 6.21 Å². The second-order valence-electron chi connectivity index (χ2n) is 2.00. The Morgan fingerprint density at radius 2 is 2.38 bits per heavy atom. The van der Waals surface area contributed by atoms with E-state index in [1.54, 1.807) is 0 Å². The van der Waals surface area contributed by atoms with Crippen LogP contribution in [0.4, 0.5) is 0 Å². The van der Waals surface area contributed by atoms with E-state index in [0.717, 1.165) is 0 Å². The summed E-state index contributed by atoms with van der Waals surface area (Å²) >= 11 is 0. The van der Waals surface area contributed by atoms with E-state index in [4.69, 9.17) is 4.42 Å². The molecular weight excluding hydrogens is 176 g/mol. The van der Waals surface area contributed by atoms with Crippen molar-refractivity contribution in [2.45, 2.75) is 0 Å². The Morgan fingerprint density at radius 1 is 1.62 bits per heavy atom. The number of hydrazone groups is 1. The molecule has 13 heavy (non-hydrogen) atoms. The van der Waals surface area contributed by atoms with Crippen molar-refractivity contribution in [2.75, 3.05) is 0 Å². The molecule has 0 radical (unpaired) electrons. The van der Waals surface area contributed by atoms with Crippen molar-refractivity contribution in [2.24, 2.45) is 5.10 Å². The number of hydrogen-bond donors (Lipinski definition) is 1. The third kappa shape index (κ3) is 2.78. The molecule has 0 bridgehead atoms. The van der Waals surface area contributed by atoms with E-state index in [1.165, 1.54) is 18.4 Å². The maximum absolute atomic E-state index is 11.0. The first kappa shape index (κ1) is 8.98. The van der Waals surface area contributed by atoms with Crippen LogP contribution in [-0.2, 0) is 4.79 Å². The molecule has 1 aromatic heterocycles. The fourth-order valence-corrected chi connectivity index (χ4v) is 0.606. The number of amides is 1. The molecule has 1 amide bonds. The number of furan rings is 1. The Kier molecular flexibility index (Phi) is 2.80. The first-order valence-corrected chi connectivity index (χ1v) is 3.28. The number of nitrogens with zero attached hydrogens (tertiary/aromatic N) is 1. The molecule has 6 nitrogen and oxygen atoms in total. The predicted octanol–water partition coefficient (Wildman–Crippen LogP) is -1.25. The van der Waals surface area contributed by atoms with Crippen molar-refractivity contribution in [1.29, 1.82) is 0 Å². The number of nitrogens with one attached hydrogen (secondary N) is 1. The monoisotopic (exact) mass is 181 g/mol. The summed E-state index contributed by atoms with van der Waals surface area (Å²) in [4.78, 5) is 20.8. The van der Waals surface area contributed by atoms with Crippen molar-refractivity contribution in [3.8, 4) is 0 Å². The number of carboxylic acids is 1. The molecule has 0 spiro atoms. The Hall–Kier alpha value is -2.11. The highest BCUT2D eigenvalue weighted by Crippen LogP contribution is 1.98. The Morgan fingerprint density at radius 3 is 2.92 bits per heavy atom. The summed E-state index contributed by atoms with van der Waals surface area (Å²) in [5, 5.41) is 12.9. The number of carbonyl (C=O) groups excluding carboxylic acids is 2. The van der Waals surface area contributed by atoms with Crippen molar-refractivity contribution >= 4 is 18.1 Å². The van der Waals surface area contributed by atoms with Crippen LogP contribution in [0.25, 0.3) is 0 Å². The van der Waals surface area contributed by atoms with Crippen molar-refractivity contribution in [3.63, 3.8) is 0 Å². The molecule has 68 valence electrons. The van der Waals surface area contributed by atoms with Crippen LogP contribution in [0.2, 0.25) is 0 Å². The maximum atomic E-state index is 11.0. The van der Waals surface area contributed by atoms with E-state index in [-0.39, 0.29) is 5.76 Å². The van der Waals surface area contributed by atoms with E-state index < -0.39 is 11.9 Å². The zero-order chi connectivity index (χ0) is 9.68. The Balaban J connectivity index is 2.48. The van der Waals surface area contributed by atoms with Gasteiger partial charge >= 0.3 is 5.91 Å². The molecule has 0 fully saturated rings. The van der Waals surface area contributed by atoms with Gasteiger partial charge in [-0.25, -0.2) is 5.43 Å². The summed E-state index contributed by atoms with van der Waals surface area (Å²) in [7, 11) is 0. The van der Waals surface area contributed by atoms with Gasteiger partial charge < -0.3 is 14.3 Å². The van der Waals surface area contributed by atoms with Crippen LogP contribution >= 0.6 is 0 Å². The summed E-state index contributed by atoms with van der Waals surface area (Å²) < 4.78 is 4.70. The molecule has 0 atom stereocenters. The summed E-state index contributed by atoms with van der Waals surface area (Å²) in [6.45, 7) is 0. The molecule has 0 unspecified atom stereocenters. The molecule has 6 heteroatoms. The second-order valence-corrected chi connectivity index (χ2v) is 2.00. The van der Waals surface area contributed by atoms with Crippen molar-refractivity contribution < 1.29 is 19.1 Å². The van der Waals surface area contributed by atoms with Crippen LogP contribution in [0, 0.1) is 0 Å². The first-order chi connectivity index (χ1) is 6.20. The van der Waals surface area contributed by atoms with Gasteiger partial charge in [0.25, 0.3) is 0 Å². The molecule has 1 N–H and O–H groups in total. The summed E-state index contributed by atoms with van der Waals surface area (Å²) in [6, 6.07) is 2.95. The van der Waals surface area contributed by atoms with Gasteiger partial charge in [-0.2, -0.15) is 5.10 Å². The van der Waals surface area contributed by atoms with Crippen LogP contribution in [-0.4, -0.2) is 18.1 Å². The molecule has 0 saturated carbocycles. The second kappa shape index (κ2) is 4.05. The van der Waals surface area contributed by atoms with Gasteiger partial charge in [0.1, 0.15) is 0 Å². The van der Waals surface area contributed by atoms with Gasteiger partial charge in [0.15, 0.2) is 5.76 Å². The molecule has 1 heterocycles. The third-order valence-corrected chi connectivity index (χ3v) is 1.08. The highest BCUT2D eigenvalue weighted by Gasteiger charge is 2.05. The zero-order valence-electron chi connectivity index (χ0n) is 6.39. The van der Waals surface area contributed by atoms with Gasteiger partial charge in [0, 0.05) is 0 Å². The fraction of sp³-hybridized carbons (Fsp3) is 0. The van der Waals surface area contributed by atoms with E-state index in [1.807, 2.05) is 5.43 Å². The van der Waals surface area contributed by atoms with E-state index in [9.17, 15) is 14.7 Å². The first-order valence-electron chi connectivity index (χ1n) is 3.28. The lowest BCUT2D eigenvalue weighted by atomic mass is 10.4. The topological polar surface area (TPSA) is 94.7 Å². The molecule has 1 aromatic rings. The van der Waals surface area contributed by atoms with Gasteiger partial charge in [-0.3, -0.25) is 4.79 Å². The quantitative estimate of drug-likeness (QED) is 0.465. The standard InChI is InChI=1S/C7H6N2O4/c10-6(11)4-8-9-7(12)5-2-1-3-13-5/h1-4H,(H,9,12)(H,10,11)/p-1/b8-4-. The highest BCUT2D eigenvalue weighted by molar-refractivity contribution is 6.20. The SMILES string of the molecule is O=C([O-])/C=N\NC(=O)c1ccco1. The Bertz CT molecular complexity index is 328. The molecule has 0 aliphatic carbocycles. The van der Waals surface area contributed by atoms with Crippen LogP contribution in [0.1, 0.15) is 10.6 Å². The number of hydrogen-bond acceptors (Lipinski definition) is 5. The number of aliphatic carboxylic acids is 1. The molecule has 0 aliphatic heterocycles. The molecular formula is C7H5N2O4-. The van der Waals surface area contributed by atoms with Gasteiger partial charge in [-0.1, -0.05) is 0 Å². The summed E-state index contributed by atoms with van der Waals surface area (Å²) in [5.41, 5.74) is 1.93. The lowest BCUT2D eigenvalue weighted by molar-refractivity contribution is -0.293. The molecule has 0 aromatic carbocycles. The fourth-order valence-electron chi connectivity index (χ4n) is 0.606. The van der Waals surface area contributed by atoms with Gasteiger partial charge in [-0.15, -0.1) is 0 Å². The molecule has 0 aliphatic rings. The predicted molar refractivity (Wildman–Crippen MR) is 39.7 cm³/mol. The average molecular weight is 181 g/mol. The largest absolute Gasteiger partial charge is 0.544 e. The number of rotatable bonds is 3. The lowest BCUT2D eigenvalue weighted by Gasteiger charge is -1.94. The van der Waals surface area contributed by atoms with Crippen LogP contribution in [0.5, 0.6) is 0 Å². The van der Waals surface area contributed by atoms with Crippen LogP contribution in [0.3, 0.4) is 0 Å². The minimum absolute atomic E-state index is 0.0514. The van der Waals surface area contributed by atoms with Crippen molar-refractivity contribution in [3.05, 3.63) is 24.2 Å². The summed E-state index contributed by atoms with van der Waals surface area (Å²) in [6.07, 6.45) is 1.78. The normalized spacial score (nSPS) is 10.2. The van der Waals surface area contributed by atoms with Gasteiger partial charge in [0.2, 0.25) is 0 Å². The molecule has 0 saturated heterocycles. The maximum Gasteiger partial charge on any atom is 0.307 e. The highest BCUT2D eigenvalue weighted by atomic mass is 16.4. The number of carboxylic acid groups (broad SMARTS) is 1. The van der Waals surface area contributed by atoms with E-state index >= 15 is 0 Å².